The van der Waals surface area contributed by atoms with Gasteiger partial charge in [-0.2, -0.15) is 4.31 Å². The molecule has 0 spiro atoms. The van der Waals surface area contributed by atoms with Gasteiger partial charge in [0.2, 0.25) is 15.9 Å². The van der Waals surface area contributed by atoms with Gasteiger partial charge in [0.15, 0.2) is 0 Å². The lowest BCUT2D eigenvalue weighted by Crippen LogP contribution is -2.39. The predicted octanol–water partition coefficient (Wildman–Crippen LogP) is 4.88. The molecule has 0 bridgehead atoms. The molecule has 1 N–H and O–H groups in total. The standard InChI is InChI=1S/C27H32N2O4S/c1-5-33-25-13-11-24(12-14-25)28-26(30)19-29(16-15-23-9-7-6-8-10-23)34(31,32)27-21(3)17-20(2)18-22(27)4/h6-14,17-18H,5,15-16,19H2,1-4H3,(H,28,30). The fourth-order valence-corrected chi connectivity index (χ4v) is 5.86. The van der Waals surface area contributed by atoms with Crippen molar-refractivity contribution in [2.75, 3.05) is 25.0 Å². The molecule has 0 atom stereocenters. The maximum absolute atomic E-state index is 13.7. The molecule has 34 heavy (non-hydrogen) atoms. The van der Waals surface area contributed by atoms with Gasteiger partial charge in [-0.25, -0.2) is 8.42 Å². The van der Waals surface area contributed by atoms with Gasteiger partial charge >= 0.3 is 0 Å². The number of aryl methyl sites for hydroxylation is 3. The predicted molar refractivity (Wildman–Crippen MR) is 136 cm³/mol. The zero-order valence-corrected chi connectivity index (χ0v) is 21.0. The molecule has 0 radical (unpaired) electrons. The zero-order chi connectivity index (χ0) is 24.7. The van der Waals surface area contributed by atoms with Crippen LogP contribution in [0.25, 0.3) is 0 Å². The monoisotopic (exact) mass is 480 g/mol. The number of ether oxygens (including phenoxy) is 1. The van der Waals surface area contributed by atoms with Crippen molar-refractivity contribution in [3.63, 3.8) is 0 Å². The number of hydrogen-bond acceptors (Lipinski definition) is 4. The SMILES string of the molecule is CCOc1ccc(NC(=O)CN(CCc2ccccc2)S(=O)(=O)c2c(C)cc(C)cc2C)cc1. The summed E-state index contributed by atoms with van der Waals surface area (Å²) in [5.41, 5.74) is 3.94. The average Bonchev–Trinajstić information content (AvgIpc) is 2.78. The van der Waals surface area contributed by atoms with Crippen LogP contribution in [0.15, 0.2) is 71.6 Å². The summed E-state index contributed by atoms with van der Waals surface area (Å²) in [6.45, 7) is 7.89. The highest BCUT2D eigenvalue weighted by molar-refractivity contribution is 7.89. The van der Waals surface area contributed by atoms with E-state index in [0.717, 1.165) is 11.1 Å². The molecule has 3 aromatic rings. The topological polar surface area (TPSA) is 75.7 Å². The fourth-order valence-electron chi connectivity index (χ4n) is 4.05. The van der Waals surface area contributed by atoms with E-state index in [4.69, 9.17) is 4.74 Å². The van der Waals surface area contributed by atoms with Gasteiger partial charge in [-0.3, -0.25) is 4.79 Å². The minimum Gasteiger partial charge on any atom is -0.494 e. The van der Waals surface area contributed by atoms with Crippen molar-refractivity contribution in [3.8, 4) is 5.75 Å². The van der Waals surface area contributed by atoms with E-state index in [-0.39, 0.29) is 18.0 Å². The first kappa shape index (κ1) is 25.5. The van der Waals surface area contributed by atoms with Crippen molar-refractivity contribution in [1.29, 1.82) is 0 Å². The molecule has 7 heteroatoms. The number of amides is 1. The molecule has 0 aliphatic rings. The van der Waals surface area contributed by atoms with E-state index in [9.17, 15) is 13.2 Å². The molecule has 6 nitrogen and oxygen atoms in total. The maximum Gasteiger partial charge on any atom is 0.244 e. The molecule has 0 saturated carbocycles. The molecule has 0 aliphatic carbocycles. The number of rotatable bonds is 10. The second kappa shape index (κ2) is 11.3. The van der Waals surface area contributed by atoms with E-state index in [2.05, 4.69) is 5.32 Å². The maximum atomic E-state index is 13.7. The third-order valence-corrected chi connectivity index (χ3v) is 7.62. The number of benzene rings is 3. The minimum absolute atomic E-state index is 0.190. The largest absolute Gasteiger partial charge is 0.494 e. The Kier molecular flexibility index (Phi) is 8.47. The molecule has 0 unspecified atom stereocenters. The number of carbonyl (C=O) groups is 1. The molecule has 0 fully saturated rings. The average molecular weight is 481 g/mol. The Morgan fingerprint density at radius 2 is 1.56 bits per heavy atom. The van der Waals surface area contributed by atoms with Gasteiger partial charge in [0.25, 0.3) is 0 Å². The lowest BCUT2D eigenvalue weighted by atomic mass is 10.1. The number of anilines is 1. The Bertz CT molecular complexity index is 1200. The number of carbonyl (C=O) groups excluding carboxylic acids is 1. The van der Waals surface area contributed by atoms with Crippen LogP contribution in [0.2, 0.25) is 0 Å². The molecule has 3 rings (SSSR count). The van der Waals surface area contributed by atoms with Crippen LogP contribution in [-0.2, 0) is 21.2 Å². The van der Waals surface area contributed by atoms with Gasteiger partial charge in [0, 0.05) is 12.2 Å². The van der Waals surface area contributed by atoms with Crippen LogP contribution < -0.4 is 10.1 Å². The lowest BCUT2D eigenvalue weighted by molar-refractivity contribution is -0.116. The summed E-state index contributed by atoms with van der Waals surface area (Å²) in [4.78, 5) is 13.2. The van der Waals surface area contributed by atoms with E-state index in [1.54, 1.807) is 38.1 Å². The number of hydrogen-bond donors (Lipinski definition) is 1. The third-order valence-electron chi connectivity index (χ3n) is 5.46. The van der Waals surface area contributed by atoms with Gasteiger partial charge in [-0.15, -0.1) is 0 Å². The Labute approximate surface area is 202 Å². The highest BCUT2D eigenvalue weighted by Gasteiger charge is 2.29. The van der Waals surface area contributed by atoms with E-state index in [1.165, 1.54) is 4.31 Å². The van der Waals surface area contributed by atoms with Crippen LogP contribution in [0.4, 0.5) is 5.69 Å². The highest BCUT2D eigenvalue weighted by Crippen LogP contribution is 2.26. The Hall–Kier alpha value is -3.16. The molecule has 0 saturated heterocycles. The molecule has 3 aromatic carbocycles. The van der Waals surface area contributed by atoms with E-state index >= 15 is 0 Å². The van der Waals surface area contributed by atoms with E-state index < -0.39 is 15.9 Å². The first-order valence-electron chi connectivity index (χ1n) is 11.4. The first-order chi connectivity index (χ1) is 16.2. The first-order valence-corrected chi connectivity index (χ1v) is 12.8. The summed E-state index contributed by atoms with van der Waals surface area (Å²) in [7, 11) is -3.90. The summed E-state index contributed by atoms with van der Waals surface area (Å²) in [5, 5.41) is 2.80. The summed E-state index contributed by atoms with van der Waals surface area (Å²) in [6, 6.07) is 20.4. The van der Waals surface area contributed by atoms with Gasteiger partial charge in [0.1, 0.15) is 5.75 Å². The quantitative estimate of drug-likeness (QED) is 0.449. The second-order valence-electron chi connectivity index (χ2n) is 8.31. The summed E-state index contributed by atoms with van der Waals surface area (Å²) in [6.07, 6.45) is 0.500. The normalized spacial score (nSPS) is 11.4. The highest BCUT2D eigenvalue weighted by atomic mass is 32.2. The second-order valence-corrected chi connectivity index (χ2v) is 10.2. The summed E-state index contributed by atoms with van der Waals surface area (Å²) >= 11 is 0. The lowest BCUT2D eigenvalue weighted by Gasteiger charge is -2.24. The van der Waals surface area contributed by atoms with Gasteiger partial charge in [-0.05, 0) is 75.1 Å². The van der Waals surface area contributed by atoms with Crippen molar-refractivity contribution in [1.82, 2.24) is 4.31 Å². The zero-order valence-electron chi connectivity index (χ0n) is 20.2. The van der Waals surface area contributed by atoms with Crippen molar-refractivity contribution in [2.24, 2.45) is 0 Å². The van der Waals surface area contributed by atoms with Gasteiger partial charge in [-0.1, -0.05) is 48.0 Å². The van der Waals surface area contributed by atoms with E-state index in [1.807, 2.05) is 56.3 Å². The van der Waals surface area contributed by atoms with Crippen molar-refractivity contribution < 1.29 is 17.9 Å². The van der Waals surface area contributed by atoms with Crippen LogP contribution in [0, 0.1) is 20.8 Å². The fraction of sp³-hybridized carbons (Fsp3) is 0.296. The molecule has 0 aromatic heterocycles. The molecule has 0 aliphatic heterocycles. The number of nitrogens with one attached hydrogen (secondary N) is 1. The molecule has 1 amide bonds. The van der Waals surface area contributed by atoms with Crippen molar-refractivity contribution >= 4 is 21.6 Å². The molecule has 0 heterocycles. The van der Waals surface area contributed by atoms with Crippen LogP contribution in [-0.4, -0.2) is 38.3 Å². The molecular formula is C27H32N2O4S. The summed E-state index contributed by atoms with van der Waals surface area (Å²) < 4.78 is 34.2. The third kappa shape index (κ3) is 6.46. The van der Waals surface area contributed by atoms with Crippen molar-refractivity contribution in [2.45, 2.75) is 39.0 Å². The Balaban J connectivity index is 1.85. The summed E-state index contributed by atoms with van der Waals surface area (Å²) in [5.74, 6) is 0.307. The van der Waals surface area contributed by atoms with Crippen LogP contribution in [0.1, 0.15) is 29.2 Å². The molecular weight excluding hydrogens is 448 g/mol. The van der Waals surface area contributed by atoms with Gasteiger partial charge in [0.05, 0.1) is 18.0 Å². The number of sulfonamides is 1. The Morgan fingerprint density at radius 3 is 2.15 bits per heavy atom. The van der Waals surface area contributed by atoms with Crippen LogP contribution >= 0.6 is 0 Å². The molecule has 180 valence electrons. The minimum atomic E-state index is -3.90. The smallest absolute Gasteiger partial charge is 0.244 e. The van der Waals surface area contributed by atoms with E-state index in [0.29, 0.717) is 35.6 Å². The Morgan fingerprint density at radius 1 is 0.941 bits per heavy atom. The number of nitrogens with zero attached hydrogens (tertiary/aromatic N) is 1. The van der Waals surface area contributed by atoms with Crippen molar-refractivity contribution in [3.05, 3.63) is 89.0 Å². The van der Waals surface area contributed by atoms with Crippen LogP contribution in [0.5, 0.6) is 5.75 Å². The van der Waals surface area contributed by atoms with Crippen LogP contribution in [0.3, 0.4) is 0 Å². The van der Waals surface area contributed by atoms with Gasteiger partial charge < -0.3 is 10.1 Å².